The van der Waals surface area contributed by atoms with Crippen molar-refractivity contribution < 1.29 is 14.7 Å². The van der Waals surface area contributed by atoms with E-state index in [1.165, 1.54) is 4.90 Å². The van der Waals surface area contributed by atoms with Crippen LogP contribution in [0.3, 0.4) is 0 Å². The van der Waals surface area contributed by atoms with Crippen molar-refractivity contribution in [2.24, 2.45) is 0 Å². The van der Waals surface area contributed by atoms with Crippen LogP contribution in [0.5, 0.6) is 0 Å². The third kappa shape index (κ3) is 5.30. The molecule has 0 aromatic carbocycles. The molecule has 1 fully saturated rings. The van der Waals surface area contributed by atoms with Gasteiger partial charge >= 0.3 is 12.0 Å². The molecule has 0 spiro atoms. The molecule has 0 aromatic rings. The van der Waals surface area contributed by atoms with Crippen LogP contribution < -0.4 is 5.32 Å². The Kier molecular flexibility index (Phi) is 5.61. The maximum Gasteiger partial charge on any atom is 0.323 e. The Morgan fingerprint density at radius 2 is 2.18 bits per heavy atom. The molecule has 1 aliphatic carbocycles. The fourth-order valence-corrected chi connectivity index (χ4v) is 1.85. The maximum atomic E-state index is 11.8. The first-order chi connectivity index (χ1) is 8.04. The maximum absolute atomic E-state index is 11.8. The molecule has 0 bridgehead atoms. The van der Waals surface area contributed by atoms with Crippen LogP contribution in [0.1, 0.15) is 26.2 Å². The van der Waals surface area contributed by atoms with Gasteiger partial charge in [0.15, 0.2) is 0 Å². The number of amides is 2. The number of rotatable bonds is 7. The summed E-state index contributed by atoms with van der Waals surface area (Å²) in [5.41, 5.74) is 0. The summed E-state index contributed by atoms with van der Waals surface area (Å²) in [6.45, 7) is 2.50. The van der Waals surface area contributed by atoms with Gasteiger partial charge in [0.05, 0.1) is 0 Å². The van der Waals surface area contributed by atoms with E-state index in [1.807, 2.05) is 6.26 Å². The summed E-state index contributed by atoms with van der Waals surface area (Å²) in [7, 11) is 0. The highest BCUT2D eigenvalue weighted by atomic mass is 32.2. The van der Waals surface area contributed by atoms with Gasteiger partial charge in [-0.15, -0.1) is 0 Å². The number of hydrogen-bond acceptors (Lipinski definition) is 3. The van der Waals surface area contributed by atoms with E-state index < -0.39 is 5.97 Å². The Hall–Kier alpha value is -0.910. The average molecular weight is 260 g/mol. The van der Waals surface area contributed by atoms with Gasteiger partial charge in [-0.25, -0.2) is 4.79 Å². The summed E-state index contributed by atoms with van der Waals surface area (Å²) in [6.07, 6.45) is 4.77. The summed E-state index contributed by atoms with van der Waals surface area (Å²) in [5, 5.41) is 12.0. The Morgan fingerprint density at radius 1 is 1.53 bits per heavy atom. The molecule has 5 nitrogen and oxygen atoms in total. The van der Waals surface area contributed by atoms with Crippen LogP contribution in [0.15, 0.2) is 0 Å². The van der Waals surface area contributed by atoms with E-state index in [9.17, 15) is 9.59 Å². The summed E-state index contributed by atoms with van der Waals surface area (Å²) in [5.74, 6) is -0.954. The number of carboxylic acid groups (broad SMARTS) is 1. The molecule has 0 radical (unpaired) electrons. The Balaban J connectivity index is 2.30. The highest BCUT2D eigenvalue weighted by molar-refractivity contribution is 7.99. The van der Waals surface area contributed by atoms with Crippen molar-refractivity contribution in [3.8, 4) is 0 Å². The molecular weight excluding hydrogens is 240 g/mol. The van der Waals surface area contributed by atoms with Crippen molar-refractivity contribution >= 4 is 23.8 Å². The van der Waals surface area contributed by atoms with Gasteiger partial charge in [0.25, 0.3) is 0 Å². The number of thioether (sulfide) groups is 1. The normalized spacial score (nSPS) is 16.4. The summed E-state index contributed by atoms with van der Waals surface area (Å²) in [6, 6.07) is -0.118. The lowest BCUT2D eigenvalue weighted by Gasteiger charge is -2.21. The second-order valence-corrected chi connectivity index (χ2v) is 5.60. The number of carbonyl (C=O) groups is 2. The predicted molar refractivity (Wildman–Crippen MR) is 68.4 cm³/mol. The Morgan fingerprint density at radius 3 is 2.65 bits per heavy atom. The van der Waals surface area contributed by atoms with Crippen molar-refractivity contribution in [1.29, 1.82) is 0 Å². The van der Waals surface area contributed by atoms with Gasteiger partial charge in [0, 0.05) is 17.8 Å². The van der Waals surface area contributed by atoms with E-state index in [2.05, 4.69) is 12.2 Å². The second kappa shape index (κ2) is 6.74. The minimum absolute atomic E-state index is 0.129. The van der Waals surface area contributed by atoms with Crippen LogP contribution in [0.4, 0.5) is 4.79 Å². The van der Waals surface area contributed by atoms with Crippen molar-refractivity contribution in [2.75, 3.05) is 19.3 Å². The third-order valence-electron chi connectivity index (χ3n) is 2.78. The Bertz CT molecular complexity index is 282. The molecule has 2 N–H and O–H groups in total. The average Bonchev–Trinajstić information content (AvgIpc) is 3.09. The highest BCUT2D eigenvalue weighted by Gasteiger charge is 2.33. The molecule has 1 unspecified atom stereocenters. The van der Waals surface area contributed by atoms with Crippen LogP contribution in [-0.4, -0.2) is 52.6 Å². The molecule has 0 aromatic heterocycles. The van der Waals surface area contributed by atoms with Crippen LogP contribution in [0, 0.1) is 0 Å². The molecule has 6 heteroatoms. The quantitative estimate of drug-likeness (QED) is 0.725. The predicted octanol–water partition coefficient (Wildman–Crippen LogP) is 1.39. The fourth-order valence-electron chi connectivity index (χ4n) is 1.50. The standard InChI is InChI=1S/C11H20N2O3S/c1-8(17-2)5-6-12-11(16)13(7-10(14)15)9-3-4-9/h8-9H,3-7H2,1-2H3,(H,12,16)(H,14,15). The minimum atomic E-state index is -0.954. The topological polar surface area (TPSA) is 69.6 Å². The largest absolute Gasteiger partial charge is 0.480 e. The number of carboxylic acids is 1. The molecule has 17 heavy (non-hydrogen) atoms. The lowest BCUT2D eigenvalue weighted by Crippen LogP contribution is -2.44. The SMILES string of the molecule is CSC(C)CCNC(=O)N(CC(=O)O)C1CC1. The van der Waals surface area contributed by atoms with E-state index in [0.717, 1.165) is 19.3 Å². The van der Waals surface area contributed by atoms with Crippen LogP contribution in [0.25, 0.3) is 0 Å². The first-order valence-electron chi connectivity index (χ1n) is 5.83. The zero-order valence-electron chi connectivity index (χ0n) is 10.3. The van der Waals surface area contributed by atoms with Gasteiger partial charge < -0.3 is 15.3 Å². The molecule has 0 saturated heterocycles. The minimum Gasteiger partial charge on any atom is -0.480 e. The number of nitrogens with zero attached hydrogens (tertiary/aromatic N) is 1. The van der Waals surface area contributed by atoms with E-state index >= 15 is 0 Å². The van der Waals surface area contributed by atoms with Gasteiger partial charge in [0.2, 0.25) is 0 Å². The van der Waals surface area contributed by atoms with Crippen molar-refractivity contribution in [3.05, 3.63) is 0 Å². The number of aliphatic carboxylic acids is 1. The number of hydrogen-bond donors (Lipinski definition) is 2. The lowest BCUT2D eigenvalue weighted by atomic mass is 10.3. The number of urea groups is 1. The molecule has 0 heterocycles. The monoisotopic (exact) mass is 260 g/mol. The molecule has 2 amide bonds. The molecule has 0 aliphatic heterocycles. The van der Waals surface area contributed by atoms with Crippen molar-refractivity contribution in [2.45, 2.75) is 37.5 Å². The van der Waals surface area contributed by atoms with E-state index in [0.29, 0.717) is 11.8 Å². The number of carbonyl (C=O) groups excluding carboxylic acids is 1. The molecular formula is C11H20N2O3S. The Labute approximate surface area is 106 Å². The van der Waals surface area contributed by atoms with Crippen LogP contribution >= 0.6 is 11.8 Å². The molecule has 98 valence electrons. The fraction of sp³-hybridized carbons (Fsp3) is 0.818. The first-order valence-corrected chi connectivity index (χ1v) is 7.12. The number of nitrogens with one attached hydrogen (secondary N) is 1. The molecule has 1 rings (SSSR count). The first kappa shape index (κ1) is 14.2. The second-order valence-electron chi connectivity index (χ2n) is 4.32. The molecule has 1 aliphatic rings. The summed E-state index contributed by atoms with van der Waals surface area (Å²) >= 11 is 1.76. The zero-order chi connectivity index (χ0) is 12.8. The highest BCUT2D eigenvalue weighted by Crippen LogP contribution is 2.26. The smallest absolute Gasteiger partial charge is 0.323 e. The van der Waals surface area contributed by atoms with E-state index in [-0.39, 0.29) is 18.6 Å². The van der Waals surface area contributed by atoms with Crippen LogP contribution in [-0.2, 0) is 4.79 Å². The van der Waals surface area contributed by atoms with Gasteiger partial charge in [-0.05, 0) is 25.5 Å². The van der Waals surface area contributed by atoms with E-state index in [4.69, 9.17) is 5.11 Å². The van der Waals surface area contributed by atoms with Crippen molar-refractivity contribution in [3.63, 3.8) is 0 Å². The molecule has 1 atom stereocenters. The van der Waals surface area contributed by atoms with Gasteiger partial charge in [-0.2, -0.15) is 11.8 Å². The zero-order valence-corrected chi connectivity index (χ0v) is 11.1. The van der Waals surface area contributed by atoms with E-state index in [1.54, 1.807) is 11.8 Å². The van der Waals surface area contributed by atoms with Gasteiger partial charge in [-0.1, -0.05) is 6.92 Å². The van der Waals surface area contributed by atoms with Gasteiger partial charge in [-0.3, -0.25) is 4.79 Å². The third-order valence-corrected chi connectivity index (χ3v) is 3.82. The lowest BCUT2D eigenvalue weighted by molar-refractivity contribution is -0.137. The van der Waals surface area contributed by atoms with Gasteiger partial charge in [0.1, 0.15) is 6.54 Å². The summed E-state index contributed by atoms with van der Waals surface area (Å²) in [4.78, 5) is 23.8. The van der Waals surface area contributed by atoms with Crippen LogP contribution in [0.2, 0.25) is 0 Å². The van der Waals surface area contributed by atoms with Crippen molar-refractivity contribution in [1.82, 2.24) is 10.2 Å². The molecule has 1 saturated carbocycles. The summed E-state index contributed by atoms with van der Waals surface area (Å²) < 4.78 is 0.